The molecule has 6 nitrogen and oxygen atoms in total. The maximum absolute atomic E-state index is 13.6. The predicted molar refractivity (Wildman–Crippen MR) is 73.1 cm³/mol. The summed E-state index contributed by atoms with van der Waals surface area (Å²) in [6.07, 6.45) is 2.40. The van der Waals surface area contributed by atoms with Gasteiger partial charge in [-0.2, -0.15) is 4.98 Å². The van der Waals surface area contributed by atoms with Crippen LogP contribution in [0, 0.1) is 0 Å². The molecule has 1 atom stereocenters. The minimum Gasteiger partial charge on any atom is -0.341 e. The van der Waals surface area contributed by atoms with Crippen molar-refractivity contribution < 1.29 is 4.39 Å². The Labute approximate surface area is 112 Å². The van der Waals surface area contributed by atoms with E-state index in [1.807, 2.05) is 4.90 Å². The molecule has 0 spiro atoms. The zero-order valence-electron chi connectivity index (χ0n) is 11.7. The van der Waals surface area contributed by atoms with Gasteiger partial charge in [0.2, 0.25) is 11.9 Å². The number of rotatable bonds is 4. The number of halogens is 1. The zero-order chi connectivity index (χ0) is 14.0. The Balaban J connectivity index is 2.10. The molecule has 7 heteroatoms. The molecule has 2 heterocycles. The van der Waals surface area contributed by atoms with E-state index in [2.05, 4.69) is 15.0 Å². The fraction of sp³-hybridized carbons (Fsp3) is 0.750. The molecule has 0 aliphatic carbocycles. The van der Waals surface area contributed by atoms with Gasteiger partial charge in [0.25, 0.3) is 0 Å². The molecular formula is C12H21FN6. The normalized spacial score (nSPS) is 19.8. The fourth-order valence-corrected chi connectivity index (χ4v) is 2.22. The molecule has 1 aromatic rings. The molecule has 1 saturated heterocycles. The number of aromatic nitrogens is 3. The summed E-state index contributed by atoms with van der Waals surface area (Å²) >= 11 is 0. The van der Waals surface area contributed by atoms with Crippen LogP contribution in [0.4, 0.5) is 16.3 Å². The summed E-state index contributed by atoms with van der Waals surface area (Å²) in [4.78, 5) is 16.4. The number of hydrogen-bond donors (Lipinski definition) is 1. The summed E-state index contributed by atoms with van der Waals surface area (Å²) in [6.45, 7) is 4.90. The van der Waals surface area contributed by atoms with Crippen molar-refractivity contribution in [1.82, 2.24) is 15.0 Å². The summed E-state index contributed by atoms with van der Waals surface area (Å²) in [7, 11) is 1.77. The molecule has 19 heavy (non-hydrogen) atoms. The van der Waals surface area contributed by atoms with Crippen molar-refractivity contribution in [1.29, 1.82) is 0 Å². The van der Waals surface area contributed by atoms with Gasteiger partial charge < -0.3 is 15.5 Å². The van der Waals surface area contributed by atoms with Crippen molar-refractivity contribution in [2.45, 2.75) is 32.0 Å². The Kier molecular flexibility index (Phi) is 3.84. The van der Waals surface area contributed by atoms with Crippen molar-refractivity contribution in [2.24, 2.45) is 5.73 Å². The second kappa shape index (κ2) is 5.24. The van der Waals surface area contributed by atoms with Crippen LogP contribution >= 0.6 is 0 Å². The van der Waals surface area contributed by atoms with E-state index in [4.69, 9.17) is 5.73 Å². The molecule has 106 valence electrons. The number of alkyl halides is 1. The van der Waals surface area contributed by atoms with Crippen LogP contribution in [0.3, 0.4) is 0 Å². The van der Waals surface area contributed by atoms with Crippen LogP contribution in [0.5, 0.6) is 0 Å². The van der Waals surface area contributed by atoms with Gasteiger partial charge in [0.1, 0.15) is 12.0 Å². The smallest absolute Gasteiger partial charge is 0.230 e. The highest BCUT2D eigenvalue weighted by molar-refractivity contribution is 5.38. The third kappa shape index (κ3) is 3.73. The Bertz CT molecular complexity index is 432. The van der Waals surface area contributed by atoms with Crippen molar-refractivity contribution >= 4 is 11.9 Å². The average Bonchev–Trinajstić information content (AvgIpc) is 2.74. The summed E-state index contributed by atoms with van der Waals surface area (Å²) < 4.78 is 13.6. The summed E-state index contributed by atoms with van der Waals surface area (Å²) in [5, 5.41) is 0. The average molecular weight is 268 g/mol. The first-order valence-corrected chi connectivity index (χ1v) is 6.45. The van der Waals surface area contributed by atoms with E-state index in [1.54, 1.807) is 11.9 Å². The summed E-state index contributed by atoms with van der Waals surface area (Å²) in [6, 6.07) is 0.169. The standard InChI is InChI=1S/C12H21FN6/c1-12(2,13)7-18(3)10-15-8-16-11(17-10)19-5-4-9(14)6-19/h8-9H,4-7,14H2,1-3H3. The Morgan fingerprint density at radius 1 is 1.53 bits per heavy atom. The zero-order valence-corrected chi connectivity index (χ0v) is 11.7. The summed E-state index contributed by atoms with van der Waals surface area (Å²) in [5.74, 6) is 1.10. The molecule has 0 aromatic carbocycles. The van der Waals surface area contributed by atoms with Crippen LogP contribution in [-0.4, -0.2) is 53.3 Å². The van der Waals surface area contributed by atoms with Gasteiger partial charge in [0.15, 0.2) is 0 Å². The van der Waals surface area contributed by atoms with Gasteiger partial charge in [-0.1, -0.05) is 0 Å². The molecule has 0 bridgehead atoms. The monoisotopic (exact) mass is 268 g/mol. The number of nitrogens with zero attached hydrogens (tertiary/aromatic N) is 5. The van der Waals surface area contributed by atoms with Gasteiger partial charge in [0.05, 0.1) is 6.54 Å². The molecule has 1 aromatic heterocycles. The van der Waals surface area contributed by atoms with Gasteiger partial charge in [-0.05, 0) is 20.3 Å². The molecule has 0 radical (unpaired) electrons. The van der Waals surface area contributed by atoms with Crippen LogP contribution in [0.15, 0.2) is 6.33 Å². The maximum atomic E-state index is 13.6. The highest BCUT2D eigenvalue weighted by Crippen LogP contribution is 2.18. The first-order chi connectivity index (χ1) is 8.85. The first-order valence-electron chi connectivity index (χ1n) is 6.45. The highest BCUT2D eigenvalue weighted by Gasteiger charge is 2.23. The van der Waals surface area contributed by atoms with E-state index in [0.717, 1.165) is 19.5 Å². The molecule has 1 unspecified atom stereocenters. The van der Waals surface area contributed by atoms with Gasteiger partial charge in [-0.3, -0.25) is 0 Å². The third-order valence-electron chi connectivity index (χ3n) is 3.01. The van der Waals surface area contributed by atoms with Crippen molar-refractivity contribution in [2.75, 3.05) is 36.5 Å². The van der Waals surface area contributed by atoms with E-state index in [1.165, 1.54) is 20.2 Å². The second-order valence-corrected chi connectivity index (χ2v) is 5.66. The van der Waals surface area contributed by atoms with Crippen LogP contribution in [0.2, 0.25) is 0 Å². The molecular weight excluding hydrogens is 247 g/mol. The molecule has 1 aliphatic rings. The Morgan fingerprint density at radius 3 is 2.84 bits per heavy atom. The minimum atomic E-state index is -1.29. The van der Waals surface area contributed by atoms with Gasteiger partial charge in [-0.15, -0.1) is 0 Å². The van der Waals surface area contributed by atoms with E-state index in [-0.39, 0.29) is 12.6 Å². The van der Waals surface area contributed by atoms with Crippen LogP contribution in [-0.2, 0) is 0 Å². The van der Waals surface area contributed by atoms with Gasteiger partial charge in [-0.25, -0.2) is 14.4 Å². The lowest BCUT2D eigenvalue weighted by Crippen LogP contribution is -2.34. The highest BCUT2D eigenvalue weighted by atomic mass is 19.1. The minimum absolute atomic E-state index is 0.169. The SMILES string of the molecule is CN(CC(C)(C)F)c1ncnc(N2CCC(N)C2)n1. The lowest BCUT2D eigenvalue weighted by atomic mass is 10.2. The Hall–Kier alpha value is -1.50. The lowest BCUT2D eigenvalue weighted by molar-refractivity contribution is 0.224. The fourth-order valence-electron chi connectivity index (χ4n) is 2.22. The Morgan fingerprint density at radius 2 is 2.26 bits per heavy atom. The van der Waals surface area contributed by atoms with E-state index in [9.17, 15) is 4.39 Å². The van der Waals surface area contributed by atoms with Gasteiger partial charge in [0, 0.05) is 26.2 Å². The van der Waals surface area contributed by atoms with Crippen LogP contribution < -0.4 is 15.5 Å². The maximum Gasteiger partial charge on any atom is 0.230 e. The molecule has 1 aliphatic heterocycles. The number of anilines is 2. The summed E-state index contributed by atoms with van der Waals surface area (Å²) in [5.41, 5.74) is 4.58. The van der Waals surface area contributed by atoms with Crippen molar-refractivity contribution in [3.05, 3.63) is 6.33 Å². The van der Waals surface area contributed by atoms with Crippen molar-refractivity contribution in [3.63, 3.8) is 0 Å². The molecule has 1 fully saturated rings. The van der Waals surface area contributed by atoms with E-state index >= 15 is 0 Å². The molecule has 2 rings (SSSR count). The third-order valence-corrected chi connectivity index (χ3v) is 3.01. The molecule has 2 N–H and O–H groups in total. The quantitative estimate of drug-likeness (QED) is 0.862. The number of hydrogen-bond acceptors (Lipinski definition) is 6. The largest absolute Gasteiger partial charge is 0.341 e. The molecule has 0 saturated carbocycles. The topological polar surface area (TPSA) is 71.2 Å². The second-order valence-electron chi connectivity index (χ2n) is 5.66. The van der Waals surface area contributed by atoms with E-state index < -0.39 is 5.67 Å². The lowest BCUT2D eigenvalue weighted by Gasteiger charge is -2.24. The first kappa shape index (κ1) is 13.9. The van der Waals surface area contributed by atoms with Crippen LogP contribution in [0.1, 0.15) is 20.3 Å². The van der Waals surface area contributed by atoms with Crippen molar-refractivity contribution in [3.8, 4) is 0 Å². The number of nitrogens with two attached hydrogens (primary N) is 1. The molecule has 0 amide bonds. The van der Waals surface area contributed by atoms with E-state index in [0.29, 0.717) is 11.9 Å². The van der Waals surface area contributed by atoms with Crippen LogP contribution in [0.25, 0.3) is 0 Å². The predicted octanol–water partition coefficient (Wildman–Crippen LogP) is 0.593. The van der Waals surface area contributed by atoms with Gasteiger partial charge >= 0.3 is 0 Å².